The molecule has 6 nitrogen and oxygen atoms in total. The van der Waals surface area contributed by atoms with Gasteiger partial charge in [-0.2, -0.15) is 0 Å². The van der Waals surface area contributed by atoms with E-state index >= 15 is 0 Å². The molecule has 4 aromatic rings. The van der Waals surface area contributed by atoms with E-state index in [-0.39, 0.29) is 20.3 Å². The van der Waals surface area contributed by atoms with Crippen molar-refractivity contribution in [3.05, 3.63) is 97.2 Å². The molecule has 10 heteroatoms. The number of benzene rings is 2. The number of rotatable bonds is 5. The van der Waals surface area contributed by atoms with Crippen molar-refractivity contribution in [1.82, 2.24) is 4.57 Å². The number of halogens is 3. The van der Waals surface area contributed by atoms with Gasteiger partial charge in [0.05, 0.1) is 16.3 Å². The molecule has 2 aromatic heterocycles. The Morgan fingerprint density at radius 3 is 2.27 bits per heavy atom. The predicted octanol–water partition coefficient (Wildman–Crippen LogP) is 6.82. The lowest BCUT2D eigenvalue weighted by Crippen LogP contribution is -2.16. The first kappa shape index (κ1) is 23.1. The summed E-state index contributed by atoms with van der Waals surface area (Å²) in [5.41, 5.74) is 1.65. The minimum Gasteiger partial charge on any atom is -0.477 e. The smallest absolute Gasteiger partial charge is 0.345 e. The van der Waals surface area contributed by atoms with Crippen LogP contribution in [0.15, 0.2) is 66.9 Å². The van der Waals surface area contributed by atoms with Crippen LogP contribution in [0, 0.1) is 0 Å². The number of thiophene rings is 1. The van der Waals surface area contributed by atoms with Crippen LogP contribution in [-0.4, -0.2) is 27.5 Å². The van der Waals surface area contributed by atoms with Gasteiger partial charge in [-0.05, 0) is 54.6 Å². The molecule has 0 aliphatic rings. The van der Waals surface area contributed by atoms with Crippen molar-refractivity contribution in [2.45, 2.75) is 0 Å². The first-order chi connectivity index (χ1) is 15.7. The second-order valence-corrected chi connectivity index (χ2v) is 9.14. The summed E-state index contributed by atoms with van der Waals surface area (Å²) < 4.78 is 1.31. The number of nitrogens with zero attached hydrogens (tertiary/aromatic N) is 1. The third-order valence-corrected chi connectivity index (χ3v) is 6.67. The molecular weight excluding hydrogens is 507 g/mol. The van der Waals surface area contributed by atoms with Crippen molar-refractivity contribution in [3.63, 3.8) is 0 Å². The van der Waals surface area contributed by atoms with Crippen LogP contribution in [0.2, 0.25) is 15.1 Å². The Hall–Kier alpha value is -3.10. The molecule has 33 heavy (non-hydrogen) atoms. The summed E-state index contributed by atoms with van der Waals surface area (Å²) in [5, 5.41) is 12.9. The fourth-order valence-corrected chi connectivity index (χ4v) is 4.66. The maximum Gasteiger partial charge on any atom is 0.345 e. The summed E-state index contributed by atoms with van der Waals surface area (Å²) in [6.45, 7) is 0. The third kappa shape index (κ3) is 4.82. The molecule has 0 fully saturated rings. The van der Waals surface area contributed by atoms with Gasteiger partial charge in [0.1, 0.15) is 9.75 Å². The summed E-state index contributed by atoms with van der Waals surface area (Å²) in [6, 6.07) is 15.9. The highest BCUT2D eigenvalue weighted by Crippen LogP contribution is 2.32. The van der Waals surface area contributed by atoms with Gasteiger partial charge in [-0.1, -0.05) is 40.9 Å². The Morgan fingerprint density at radius 2 is 1.61 bits per heavy atom. The number of carboxylic acids is 1. The number of carboxylic acid groups (broad SMARTS) is 1. The monoisotopic (exact) mass is 518 g/mol. The van der Waals surface area contributed by atoms with Crippen molar-refractivity contribution in [1.29, 1.82) is 0 Å². The summed E-state index contributed by atoms with van der Waals surface area (Å²) in [4.78, 5) is 37.5. The number of hydrogen-bond acceptors (Lipinski definition) is 4. The minimum absolute atomic E-state index is 0.0406. The van der Waals surface area contributed by atoms with Crippen molar-refractivity contribution in [3.8, 4) is 11.3 Å². The number of carbonyl (C=O) groups excluding carboxylic acids is 2. The zero-order chi connectivity index (χ0) is 23.7. The van der Waals surface area contributed by atoms with Gasteiger partial charge in [-0.25, -0.2) is 4.79 Å². The minimum atomic E-state index is -1.17. The highest BCUT2D eigenvalue weighted by Gasteiger charge is 2.23. The number of carbonyl (C=O) groups is 3. The van der Waals surface area contributed by atoms with Crippen LogP contribution in [0.5, 0.6) is 0 Å². The fourth-order valence-electron chi connectivity index (χ4n) is 3.17. The molecule has 0 atom stereocenters. The van der Waals surface area contributed by atoms with Crippen LogP contribution < -0.4 is 5.32 Å². The number of anilines is 1. The Kier molecular flexibility index (Phi) is 6.58. The van der Waals surface area contributed by atoms with Crippen molar-refractivity contribution in [2.24, 2.45) is 0 Å². The number of nitrogens with one attached hydrogen (secondary N) is 1. The molecule has 166 valence electrons. The lowest BCUT2D eigenvalue weighted by Gasteiger charge is -2.13. The lowest BCUT2D eigenvalue weighted by molar-refractivity contribution is 0.0701. The second-order valence-electron chi connectivity index (χ2n) is 6.81. The van der Waals surface area contributed by atoms with Gasteiger partial charge in [0.2, 0.25) is 0 Å². The van der Waals surface area contributed by atoms with Crippen LogP contribution >= 0.6 is 46.1 Å². The zero-order valence-corrected chi connectivity index (χ0v) is 19.6. The van der Waals surface area contributed by atoms with E-state index in [1.807, 2.05) is 0 Å². The Morgan fingerprint density at radius 1 is 0.909 bits per heavy atom. The van der Waals surface area contributed by atoms with Gasteiger partial charge in [-0.15, -0.1) is 11.3 Å². The first-order valence-corrected chi connectivity index (χ1v) is 11.3. The zero-order valence-electron chi connectivity index (χ0n) is 16.5. The summed E-state index contributed by atoms with van der Waals surface area (Å²) >= 11 is 19.0. The van der Waals surface area contributed by atoms with Crippen LogP contribution in [-0.2, 0) is 0 Å². The largest absolute Gasteiger partial charge is 0.477 e. The van der Waals surface area contributed by atoms with Crippen molar-refractivity contribution >= 4 is 69.6 Å². The molecule has 0 unspecified atom stereocenters. The molecule has 2 aromatic carbocycles. The topological polar surface area (TPSA) is 88.4 Å². The van der Waals surface area contributed by atoms with Crippen molar-refractivity contribution in [2.75, 3.05) is 5.32 Å². The molecule has 2 heterocycles. The summed E-state index contributed by atoms with van der Waals surface area (Å²) in [6.07, 6.45) is 1.52. The standard InChI is InChI=1S/C23H13Cl3N2O4S/c24-12-3-6-14(7-4-12)27-21(29)16-10-13(25)5-8-15(16)18-2-1-9-28(18)22(30)20-17(26)11-19(33-20)23(31)32/h1-11H,(H,27,29)(H,31,32). The molecule has 2 N–H and O–H groups in total. The van der Waals surface area contributed by atoms with Crippen LogP contribution in [0.4, 0.5) is 5.69 Å². The molecule has 0 radical (unpaired) electrons. The van der Waals surface area contributed by atoms with Crippen LogP contribution in [0.3, 0.4) is 0 Å². The normalized spacial score (nSPS) is 10.8. The quantitative estimate of drug-likeness (QED) is 0.303. The maximum absolute atomic E-state index is 13.2. The molecule has 1 amide bonds. The van der Waals surface area contributed by atoms with Crippen LogP contribution in [0.25, 0.3) is 11.3 Å². The van der Waals surface area contributed by atoms with Crippen molar-refractivity contribution < 1.29 is 19.5 Å². The summed E-state index contributed by atoms with van der Waals surface area (Å²) in [7, 11) is 0. The van der Waals surface area contributed by atoms with Gasteiger partial charge in [-0.3, -0.25) is 14.2 Å². The van der Waals surface area contributed by atoms with Gasteiger partial charge in [0.15, 0.2) is 0 Å². The number of aromatic carboxylic acids is 1. The average Bonchev–Trinajstić information content (AvgIpc) is 3.42. The van der Waals surface area contributed by atoms with Gasteiger partial charge in [0.25, 0.3) is 11.8 Å². The summed E-state index contributed by atoms with van der Waals surface area (Å²) in [5.74, 6) is -2.12. The molecule has 0 bridgehead atoms. The van der Waals surface area contributed by atoms with E-state index in [1.54, 1.807) is 48.5 Å². The van der Waals surface area contributed by atoms with E-state index in [1.165, 1.54) is 22.9 Å². The molecule has 0 aliphatic heterocycles. The maximum atomic E-state index is 13.2. The fraction of sp³-hybridized carbons (Fsp3) is 0. The molecule has 0 aliphatic carbocycles. The van der Waals surface area contributed by atoms with Gasteiger partial charge >= 0.3 is 5.97 Å². The Bertz CT molecular complexity index is 1390. The lowest BCUT2D eigenvalue weighted by atomic mass is 10.0. The Balaban J connectivity index is 1.74. The average molecular weight is 520 g/mol. The molecule has 0 saturated carbocycles. The number of amides is 1. The second kappa shape index (κ2) is 9.41. The first-order valence-electron chi connectivity index (χ1n) is 9.36. The predicted molar refractivity (Wildman–Crippen MR) is 130 cm³/mol. The van der Waals surface area contributed by atoms with E-state index in [0.717, 1.165) is 11.3 Å². The molecule has 4 rings (SSSR count). The number of hydrogen-bond donors (Lipinski definition) is 2. The molecule has 0 spiro atoms. The van der Waals surface area contributed by atoms with E-state index in [2.05, 4.69) is 5.32 Å². The molecule has 0 saturated heterocycles. The number of aromatic nitrogens is 1. The van der Waals surface area contributed by atoms with Gasteiger partial charge in [0, 0.05) is 27.5 Å². The highest BCUT2D eigenvalue weighted by atomic mass is 35.5. The molecular formula is C23H13Cl3N2O4S. The van der Waals surface area contributed by atoms with E-state index in [0.29, 0.717) is 27.0 Å². The van der Waals surface area contributed by atoms with Gasteiger partial charge < -0.3 is 10.4 Å². The van der Waals surface area contributed by atoms with Crippen LogP contribution in [0.1, 0.15) is 29.7 Å². The van der Waals surface area contributed by atoms with E-state index < -0.39 is 17.8 Å². The third-order valence-electron chi connectivity index (χ3n) is 4.66. The Labute approximate surface area is 206 Å². The SMILES string of the molecule is O=C(O)c1cc(Cl)c(C(=O)n2cccc2-c2ccc(Cl)cc2C(=O)Nc2ccc(Cl)cc2)s1. The van der Waals surface area contributed by atoms with E-state index in [4.69, 9.17) is 34.8 Å². The van der Waals surface area contributed by atoms with E-state index in [9.17, 15) is 19.5 Å². The highest BCUT2D eigenvalue weighted by molar-refractivity contribution is 7.16.